The van der Waals surface area contributed by atoms with Gasteiger partial charge in [-0.15, -0.1) is 0 Å². The number of aromatic nitrogens is 1. The lowest BCUT2D eigenvalue weighted by atomic mass is 10.2. The highest BCUT2D eigenvalue weighted by Crippen LogP contribution is 2.12. The molecule has 2 N–H and O–H groups in total. The van der Waals surface area contributed by atoms with Crippen LogP contribution in [0.25, 0.3) is 0 Å². The third-order valence-electron chi connectivity index (χ3n) is 3.13. The van der Waals surface area contributed by atoms with Crippen molar-refractivity contribution in [3.05, 3.63) is 78.3 Å². The highest BCUT2D eigenvalue weighted by molar-refractivity contribution is 6.02. The van der Waals surface area contributed by atoms with E-state index in [-0.39, 0.29) is 5.69 Å². The largest absolute Gasteiger partial charge is 0.467 e. The van der Waals surface area contributed by atoms with E-state index in [2.05, 4.69) is 15.6 Å². The molecule has 0 fully saturated rings. The van der Waals surface area contributed by atoms with Crippen LogP contribution in [0.5, 0.6) is 0 Å². The fraction of sp³-hybridized carbons (Fsp3) is 0.0588. The molecule has 0 radical (unpaired) electrons. The second-order valence-electron chi connectivity index (χ2n) is 4.83. The summed E-state index contributed by atoms with van der Waals surface area (Å²) in [6, 6.07) is 12.7. The second-order valence-corrected chi connectivity index (χ2v) is 4.83. The van der Waals surface area contributed by atoms with E-state index in [0.29, 0.717) is 12.2 Å². The minimum Gasteiger partial charge on any atom is -0.467 e. The number of nitrogens with zero attached hydrogens (tertiary/aromatic N) is 1. The van der Waals surface area contributed by atoms with Crippen molar-refractivity contribution in [2.45, 2.75) is 6.54 Å². The number of halogens is 1. The lowest BCUT2D eigenvalue weighted by Crippen LogP contribution is -2.13. The molecular weight excluding hydrogens is 297 g/mol. The highest BCUT2D eigenvalue weighted by atomic mass is 19.1. The third kappa shape index (κ3) is 3.94. The number of benzene rings is 1. The first-order valence-corrected chi connectivity index (χ1v) is 7.00. The van der Waals surface area contributed by atoms with Crippen LogP contribution in [-0.2, 0) is 6.54 Å². The van der Waals surface area contributed by atoms with Crippen molar-refractivity contribution in [2.75, 3.05) is 10.6 Å². The molecule has 0 atom stereocenters. The van der Waals surface area contributed by atoms with Crippen LogP contribution in [0.2, 0.25) is 0 Å². The number of nitrogens with one attached hydrogen (secondary N) is 2. The van der Waals surface area contributed by atoms with Gasteiger partial charge in [-0.3, -0.25) is 4.79 Å². The van der Waals surface area contributed by atoms with E-state index < -0.39 is 11.7 Å². The van der Waals surface area contributed by atoms with Crippen LogP contribution in [0.15, 0.2) is 65.4 Å². The van der Waals surface area contributed by atoms with Gasteiger partial charge in [-0.05, 0) is 42.5 Å². The Bertz CT molecular complexity index is 786. The van der Waals surface area contributed by atoms with Crippen LogP contribution in [0.4, 0.5) is 15.8 Å². The Balaban J connectivity index is 1.61. The molecule has 2 heterocycles. The van der Waals surface area contributed by atoms with Crippen LogP contribution in [0.3, 0.4) is 0 Å². The molecule has 6 heteroatoms. The Morgan fingerprint density at radius 1 is 1.13 bits per heavy atom. The molecule has 1 aromatic carbocycles. The lowest BCUT2D eigenvalue weighted by Gasteiger charge is -2.07. The van der Waals surface area contributed by atoms with Crippen molar-refractivity contribution >= 4 is 17.3 Å². The molecule has 23 heavy (non-hydrogen) atoms. The number of hydrogen-bond donors (Lipinski definition) is 2. The van der Waals surface area contributed by atoms with Crippen LogP contribution in [0.1, 0.15) is 16.2 Å². The van der Waals surface area contributed by atoms with Crippen LogP contribution in [-0.4, -0.2) is 10.9 Å². The smallest absolute Gasteiger partial charge is 0.274 e. The number of hydrogen-bond acceptors (Lipinski definition) is 4. The molecule has 116 valence electrons. The maximum atomic E-state index is 13.1. The summed E-state index contributed by atoms with van der Waals surface area (Å²) in [6.07, 6.45) is 3.17. The van der Waals surface area contributed by atoms with E-state index in [1.807, 2.05) is 12.1 Å². The predicted octanol–water partition coefficient (Wildman–Crippen LogP) is 3.68. The zero-order valence-corrected chi connectivity index (χ0v) is 12.1. The van der Waals surface area contributed by atoms with Crippen molar-refractivity contribution in [3.8, 4) is 0 Å². The van der Waals surface area contributed by atoms with E-state index >= 15 is 0 Å². The summed E-state index contributed by atoms with van der Waals surface area (Å²) in [4.78, 5) is 16.1. The van der Waals surface area contributed by atoms with Gasteiger partial charge in [0.2, 0.25) is 0 Å². The number of amides is 1. The molecule has 3 rings (SSSR count). The summed E-state index contributed by atoms with van der Waals surface area (Å²) in [5.74, 6) is -0.000610. The Hall–Kier alpha value is -3.15. The van der Waals surface area contributed by atoms with E-state index in [1.54, 1.807) is 30.7 Å². The zero-order valence-electron chi connectivity index (χ0n) is 12.1. The lowest BCUT2D eigenvalue weighted by molar-refractivity contribution is 0.102. The summed E-state index contributed by atoms with van der Waals surface area (Å²) in [7, 11) is 0. The first-order chi connectivity index (χ1) is 11.2. The molecule has 0 aliphatic carbocycles. The number of rotatable bonds is 5. The number of carbonyl (C=O) groups excluding carboxylic acids is 1. The van der Waals surface area contributed by atoms with E-state index in [0.717, 1.165) is 11.4 Å². The molecular formula is C17H14FN3O2. The number of anilines is 2. The topological polar surface area (TPSA) is 67.2 Å². The maximum Gasteiger partial charge on any atom is 0.274 e. The normalized spacial score (nSPS) is 10.3. The van der Waals surface area contributed by atoms with Gasteiger partial charge >= 0.3 is 0 Å². The summed E-state index contributed by atoms with van der Waals surface area (Å²) >= 11 is 0. The SMILES string of the molecule is O=C(Nc1cccc(F)c1)c1ccc(NCc2ccco2)cn1. The zero-order chi connectivity index (χ0) is 16.1. The Morgan fingerprint density at radius 2 is 2.04 bits per heavy atom. The van der Waals surface area contributed by atoms with Crippen LogP contribution >= 0.6 is 0 Å². The van der Waals surface area contributed by atoms with Gasteiger partial charge in [-0.25, -0.2) is 9.37 Å². The summed E-state index contributed by atoms with van der Waals surface area (Å²) in [5.41, 5.74) is 1.40. The molecule has 2 aromatic heterocycles. The molecule has 0 saturated heterocycles. The fourth-order valence-electron chi connectivity index (χ4n) is 2.00. The molecule has 0 unspecified atom stereocenters. The van der Waals surface area contributed by atoms with Gasteiger partial charge in [0.25, 0.3) is 5.91 Å². The molecule has 0 spiro atoms. The first kappa shape index (κ1) is 14.8. The number of furan rings is 1. The van der Waals surface area contributed by atoms with Gasteiger partial charge in [0.15, 0.2) is 0 Å². The average molecular weight is 311 g/mol. The molecule has 0 saturated carbocycles. The molecule has 1 amide bonds. The van der Waals surface area contributed by atoms with Crippen molar-refractivity contribution < 1.29 is 13.6 Å². The van der Waals surface area contributed by atoms with Gasteiger partial charge in [0.05, 0.1) is 24.7 Å². The minimum atomic E-state index is -0.409. The Labute approximate surface area is 132 Å². The van der Waals surface area contributed by atoms with E-state index in [1.165, 1.54) is 18.2 Å². The standard InChI is InChI=1S/C17H14FN3O2/c18-12-3-1-4-13(9-12)21-17(22)16-7-6-14(10-20-16)19-11-15-5-2-8-23-15/h1-10,19H,11H2,(H,21,22). The van der Waals surface area contributed by atoms with Gasteiger partial charge < -0.3 is 15.1 Å². The summed E-state index contributed by atoms with van der Waals surface area (Å²) < 4.78 is 18.3. The van der Waals surface area contributed by atoms with Crippen molar-refractivity contribution in [1.29, 1.82) is 0 Å². The van der Waals surface area contributed by atoms with Gasteiger partial charge in [-0.1, -0.05) is 6.07 Å². The molecule has 5 nitrogen and oxygen atoms in total. The quantitative estimate of drug-likeness (QED) is 0.754. The Morgan fingerprint density at radius 3 is 2.74 bits per heavy atom. The molecule has 3 aromatic rings. The molecule has 0 bridgehead atoms. The average Bonchev–Trinajstić information content (AvgIpc) is 3.07. The highest BCUT2D eigenvalue weighted by Gasteiger charge is 2.08. The summed E-state index contributed by atoms with van der Waals surface area (Å²) in [5, 5.41) is 5.73. The predicted molar refractivity (Wildman–Crippen MR) is 84.6 cm³/mol. The monoisotopic (exact) mass is 311 g/mol. The van der Waals surface area contributed by atoms with Crippen LogP contribution < -0.4 is 10.6 Å². The van der Waals surface area contributed by atoms with Crippen LogP contribution in [0, 0.1) is 5.82 Å². The Kier molecular flexibility index (Phi) is 4.33. The van der Waals surface area contributed by atoms with E-state index in [4.69, 9.17) is 4.42 Å². The first-order valence-electron chi connectivity index (χ1n) is 7.00. The molecule has 0 aliphatic rings. The summed E-state index contributed by atoms with van der Waals surface area (Å²) in [6.45, 7) is 0.531. The van der Waals surface area contributed by atoms with E-state index in [9.17, 15) is 9.18 Å². The van der Waals surface area contributed by atoms with Gasteiger partial charge in [-0.2, -0.15) is 0 Å². The minimum absolute atomic E-state index is 0.248. The van der Waals surface area contributed by atoms with Crippen molar-refractivity contribution in [2.24, 2.45) is 0 Å². The maximum absolute atomic E-state index is 13.1. The van der Waals surface area contributed by atoms with Crippen molar-refractivity contribution in [1.82, 2.24) is 4.98 Å². The second kappa shape index (κ2) is 6.74. The fourth-order valence-corrected chi connectivity index (χ4v) is 2.00. The molecule has 0 aliphatic heterocycles. The van der Waals surface area contributed by atoms with Gasteiger partial charge in [0, 0.05) is 5.69 Å². The third-order valence-corrected chi connectivity index (χ3v) is 3.13. The number of pyridine rings is 1. The number of carbonyl (C=O) groups is 1. The van der Waals surface area contributed by atoms with Gasteiger partial charge in [0.1, 0.15) is 17.3 Å². The van der Waals surface area contributed by atoms with Crippen molar-refractivity contribution in [3.63, 3.8) is 0 Å².